The lowest BCUT2D eigenvalue weighted by molar-refractivity contribution is -0.126. The van der Waals surface area contributed by atoms with Gasteiger partial charge in [-0.3, -0.25) is 9.59 Å². The van der Waals surface area contributed by atoms with E-state index in [1.54, 1.807) is 0 Å². The number of nitrogens with two attached hydrogens (primary N) is 1. The molecule has 6 heteroatoms. The maximum Gasteiger partial charge on any atom is 0.228 e. The van der Waals surface area contributed by atoms with Gasteiger partial charge in [-0.25, -0.2) is 0 Å². The lowest BCUT2D eigenvalue weighted by Gasteiger charge is -2.25. The molecule has 2 aromatic rings. The molecule has 0 aliphatic carbocycles. The minimum atomic E-state index is -0.476. The van der Waals surface area contributed by atoms with Crippen LogP contribution in [0.15, 0.2) is 48.5 Å². The van der Waals surface area contributed by atoms with E-state index < -0.39 is 5.92 Å². The van der Waals surface area contributed by atoms with Gasteiger partial charge < -0.3 is 16.4 Å². The van der Waals surface area contributed by atoms with Gasteiger partial charge in [0.05, 0.1) is 5.92 Å². The third kappa shape index (κ3) is 4.87. The van der Waals surface area contributed by atoms with Crippen LogP contribution in [0.1, 0.15) is 54.8 Å². The predicted octanol–water partition coefficient (Wildman–Crippen LogP) is 3.47. The second-order valence-electron chi connectivity index (χ2n) is 7.07. The zero-order valence-corrected chi connectivity index (χ0v) is 16.4. The van der Waals surface area contributed by atoms with E-state index in [1.807, 2.05) is 36.4 Å². The van der Waals surface area contributed by atoms with Crippen LogP contribution in [-0.2, 0) is 9.59 Å². The number of rotatable bonds is 5. The van der Waals surface area contributed by atoms with Gasteiger partial charge in [-0.05, 0) is 28.7 Å². The van der Waals surface area contributed by atoms with Crippen LogP contribution in [0.25, 0.3) is 0 Å². The molecule has 144 valence electrons. The summed E-state index contributed by atoms with van der Waals surface area (Å²) in [7, 11) is 0. The minimum absolute atomic E-state index is 0. The number of carbonyl (C=O) groups is 2. The molecule has 1 heterocycles. The summed E-state index contributed by atoms with van der Waals surface area (Å²) >= 11 is 0. The molecule has 27 heavy (non-hydrogen) atoms. The van der Waals surface area contributed by atoms with Crippen LogP contribution < -0.4 is 16.4 Å². The molecule has 0 saturated carbocycles. The average Bonchev–Trinajstić information content (AvgIpc) is 2.65. The van der Waals surface area contributed by atoms with Gasteiger partial charge in [-0.1, -0.05) is 56.3 Å². The first kappa shape index (κ1) is 20.9. The van der Waals surface area contributed by atoms with Crippen molar-refractivity contribution in [3.05, 3.63) is 65.2 Å². The quantitative estimate of drug-likeness (QED) is 0.734. The number of amides is 2. The number of carbonyl (C=O) groups excluding carboxylic acids is 2. The fraction of sp³-hybridized carbons (Fsp3) is 0.333. The Kier molecular flexibility index (Phi) is 6.99. The fourth-order valence-electron chi connectivity index (χ4n) is 3.22. The first-order chi connectivity index (χ1) is 12.5. The van der Waals surface area contributed by atoms with Gasteiger partial charge in [0.15, 0.2) is 0 Å². The van der Waals surface area contributed by atoms with Crippen molar-refractivity contribution < 1.29 is 9.59 Å². The highest BCUT2D eigenvalue weighted by atomic mass is 35.5. The molecule has 0 aromatic heterocycles. The Labute approximate surface area is 166 Å². The topological polar surface area (TPSA) is 84.2 Å². The average molecular weight is 388 g/mol. The highest BCUT2D eigenvalue weighted by molar-refractivity contribution is 6.01. The summed E-state index contributed by atoms with van der Waals surface area (Å²) in [6, 6.07) is 15.3. The molecular weight excluding hydrogens is 362 g/mol. The Hall–Kier alpha value is -2.37. The number of fused-ring (bicyclic) bond motifs is 1. The number of halogens is 1. The second kappa shape index (κ2) is 9.02. The maximum absolute atomic E-state index is 12.6. The standard InChI is InChI=1S/C21H25N3O2.ClH/c1-13(2)14-7-9-15(10-8-14)18(22)12-23-21(26)17-11-20(25)24-19-6-4-3-5-16(17)19;/h3-10,13,17-18H,11-12,22H2,1-2H3,(H,23,26)(H,24,25);1H. The van der Waals surface area contributed by atoms with Crippen molar-refractivity contribution in [2.75, 3.05) is 11.9 Å². The molecule has 2 atom stereocenters. The van der Waals surface area contributed by atoms with Gasteiger partial charge in [0.25, 0.3) is 0 Å². The smallest absolute Gasteiger partial charge is 0.228 e. The first-order valence-electron chi connectivity index (χ1n) is 8.97. The van der Waals surface area contributed by atoms with Crippen LogP contribution >= 0.6 is 12.4 Å². The highest BCUT2D eigenvalue weighted by Crippen LogP contribution is 2.32. The molecule has 2 unspecified atom stereocenters. The Morgan fingerprint density at radius 3 is 2.44 bits per heavy atom. The van der Waals surface area contributed by atoms with E-state index in [0.717, 1.165) is 11.1 Å². The van der Waals surface area contributed by atoms with Crippen LogP contribution in [0.5, 0.6) is 0 Å². The van der Waals surface area contributed by atoms with Crippen molar-refractivity contribution in [1.29, 1.82) is 0 Å². The Morgan fingerprint density at radius 2 is 1.78 bits per heavy atom. The number of para-hydroxylation sites is 1. The number of benzene rings is 2. The monoisotopic (exact) mass is 387 g/mol. The van der Waals surface area contributed by atoms with E-state index in [-0.39, 0.29) is 36.7 Å². The van der Waals surface area contributed by atoms with Crippen molar-refractivity contribution >= 4 is 29.9 Å². The third-order valence-electron chi connectivity index (χ3n) is 4.84. The molecule has 0 spiro atoms. The fourth-order valence-corrected chi connectivity index (χ4v) is 3.22. The van der Waals surface area contributed by atoms with Crippen molar-refractivity contribution in [3.8, 4) is 0 Å². The van der Waals surface area contributed by atoms with Gasteiger partial charge in [0.1, 0.15) is 0 Å². The minimum Gasteiger partial charge on any atom is -0.354 e. The highest BCUT2D eigenvalue weighted by Gasteiger charge is 2.30. The molecule has 2 aromatic carbocycles. The summed E-state index contributed by atoms with van der Waals surface area (Å²) in [5.74, 6) is -0.313. The van der Waals surface area contributed by atoms with E-state index in [1.165, 1.54) is 5.56 Å². The van der Waals surface area contributed by atoms with E-state index in [0.29, 0.717) is 18.2 Å². The Bertz CT molecular complexity index is 805. The molecule has 0 radical (unpaired) electrons. The summed E-state index contributed by atoms with van der Waals surface area (Å²) in [6.45, 7) is 4.63. The first-order valence-corrected chi connectivity index (χ1v) is 8.97. The van der Waals surface area contributed by atoms with Crippen LogP contribution in [0.3, 0.4) is 0 Å². The van der Waals surface area contributed by atoms with E-state index in [4.69, 9.17) is 5.73 Å². The van der Waals surface area contributed by atoms with Crippen LogP contribution in [0.4, 0.5) is 5.69 Å². The lowest BCUT2D eigenvalue weighted by atomic mass is 9.89. The van der Waals surface area contributed by atoms with Crippen molar-refractivity contribution in [3.63, 3.8) is 0 Å². The van der Waals surface area contributed by atoms with E-state index >= 15 is 0 Å². The van der Waals surface area contributed by atoms with Gasteiger partial charge >= 0.3 is 0 Å². The van der Waals surface area contributed by atoms with Gasteiger partial charge in [-0.2, -0.15) is 0 Å². The Morgan fingerprint density at radius 1 is 1.15 bits per heavy atom. The lowest BCUT2D eigenvalue weighted by Crippen LogP contribution is -2.38. The maximum atomic E-state index is 12.6. The van der Waals surface area contributed by atoms with Crippen molar-refractivity contribution in [1.82, 2.24) is 5.32 Å². The normalized spacial score (nSPS) is 16.7. The number of hydrogen-bond acceptors (Lipinski definition) is 3. The molecule has 4 N–H and O–H groups in total. The largest absolute Gasteiger partial charge is 0.354 e. The van der Waals surface area contributed by atoms with Crippen LogP contribution in [0, 0.1) is 0 Å². The summed E-state index contributed by atoms with van der Waals surface area (Å²) < 4.78 is 0. The summed E-state index contributed by atoms with van der Waals surface area (Å²) in [4.78, 5) is 24.5. The van der Waals surface area contributed by atoms with Gasteiger partial charge in [0, 0.05) is 24.7 Å². The zero-order chi connectivity index (χ0) is 18.7. The summed E-state index contributed by atoms with van der Waals surface area (Å²) in [5.41, 5.74) is 10.0. The van der Waals surface area contributed by atoms with Gasteiger partial charge in [-0.15, -0.1) is 12.4 Å². The Balaban J connectivity index is 0.00000261. The molecule has 0 saturated heterocycles. The molecule has 0 fully saturated rings. The third-order valence-corrected chi connectivity index (χ3v) is 4.84. The second-order valence-corrected chi connectivity index (χ2v) is 7.07. The molecule has 3 rings (SSSR count). The molecule has 1 aliphatic rings. The number of nitrogens with one attached hydrogen (secondary N) is 2. The van der Waals surface area contributed by atoms with Crippen molar-refractivity contribution in [2.45, 2.75) is 38.1 Å². The molecule has 5 nitrogen and oxygen atoms in total. The van der Waals surface area contributed by atoms with Crippen LogP contribution in [-0.4, -0.2) is 18.4 Å². The molecule has 2 amide bonds. The predicted molar refractivity (Wildman–Crippen MR) is 110 cm³/mol. The van der Waals surface area contributed by atoms with E-state index in [2.05, 4.69) is 36.6 Å². The zero-order valence-electron chi connectivity index (χ0n) is 15.6. The molecular formula is C21H26ClN3O2. The molecule has 0 bridgehead atoms. The summed E-state index contributed by atoms with van der Waals surface area (Å²) in [5, 5.41) is 5.71. The van der Waals surface area contributed by atoms with Crippen molar-refractivity contribution in [2.24, 2.45) is 5.73 Å². The summed E-state index contributed by atoms with van der Waals surface area (Å²) in [6.07, 6.45) is 0.154. The SMILES string of the molecule is CC(C)c1ccc(C(N)CNC(=O)C2CC(=O)Nc3ccccc32)cc1.Cl. The molecule has 1 aliphatic heterocycles. The number of hydrogen-bond donors (Lipinski definition) is 3. The van der Waals surface area contributed by atoms with Crippen LogP contribution in [0.2, 0.25) is 0 Å². The number of anilines is 1. The van der Waals surface area contributed by atoms with Gasteiger partial charge in [0.2, 0.25) is 11.8 Å². The van der Waals surface area contributed by atoms with E-state index in [9.17, 15) is 9.59 Å².